The topological polar surface area (TPSA) is 53.2 Å². The third kappa shape index (κ3) is 3.14. The summed E-state index contributed by atoms with van der Waals surface area (Å²) < 4.78 is 28.9. The van der Waals surface area contributed by atoms with Crippen molar-refractivity contribution in [3.63, 3.8) is 0 Å². The lowest BCUT2D eigenvalue weighted by Crippen LogP contribution is -2.40. The van der Waals surface area contributed by atoms with Gasteiger partial charge < -0.3 is 4.98 Å². The molecule has 0 radical (unpaired) electrons. The van der Waals surface area contributed by atoms with Gasteiger partial charge in [-0.15, -0.1) is 0 Å². The van der Waals surface area contributed by atoms with E-state index >= 15 is 0 Å². The molecule has 152 valence electrons. The van der Waals surface area contributed by atoms with Gasteiger partial charge in [0.25, 0.3) is 0 Å². The van der Waals surface area contributed by atoms with Crippen LogP contribution in [0.5, 0.6) is 0 Å². The van der Waals surface area contributed by atoms with Gasteiger partial charge in [0.05, 0.1) is 10.9 Å². The number of nitrogens with one attached hydrogen (secondary N) is 1. The van der Waals surface area contributed by atoms with E-state index in [-0.39, 0.29) is 4.90 Å². The first-order valence-electron chi connectivity index (χ1n) is 9.88. The third-order valence-electron chi connectivity index (χ3n) is 5.80. The van der Waals surface area contributed by atoms with Crippen LogP contribution in [-0.4, -0.2) is 24.3 Å². The van der Waals surface area contributed by atoms with E-state index in [1.807, 2.05) is 49.4 Å². The Hall–Kier alpha value is -2.60. The Kier molecular flexibility index (Phi) is 4.69. The van der Waals surface area contributed by atoms with Gasteiger partial charge in [0, 0.05) is 28.2 Å². The fraction of sp³-hybridized carbons (Fsp3) is 0.167. The van der Waals surface area contributed by atoms with Gasteiger partial charge >= 0.3 is 0 Å². The van der Waals surface area contributed by atoms with Crippen molar-refractivity contribution in [1.82, 2.24) is 9.29 Å². The van der Waals surface area contributed by atoms with Crippen molar-refractivity contribution in [2.75, 3.05) is 6.54 Å². The van der Waals surface area contributed by atoms with E-state index in [4.69, 9.17) is 11.6 Å². The molecule has 4 aromatic rings. The molecule has 1 N–H and O–H groups in total. The fourth-order valence-corrected chi connectivity index (χ4v) is 6.01. The second kappa shape index (κ2) is 7.27. The number of rotatable bonds is 3. The normalized spacial score (nSPS) is 17.2. The Bertz CT molecular complexity index is 1330. The number of hydrogen-bond acceptors (Lipinski definition) is 2. The maximum Gasteiger partial charge on any atom is 0.244 e. The van der Waals surface area contributed by atoms with Crippen LogP contribution in [-0.2, 0) is 16.4 Å². The van der Waals surface area contributed by atoms with Crippen molar-refractivity contribution in [1.29, 1.82) is 0 Å². The van der Waals surface area contributed by atoms with E-state index in [1.54, 1.807) is 28.6 Å². The summed E-state index contributed by atoms with van der Waals surface area (Å²) in [5.74, 6) is 0. The second-order valence-electron chi connectivity index (χ2n) is 7.70. The molecular formula is C24H21ClN2O2S. The van der Waals surface area contributed by atoms with Crippen molar-refractivity contribution in [2.24, 2.45) is 0 Å². The Morgan fingerprint density at radius 1 is 0.967 bits per heavy atom. The number of benzene rings is 3. The van der Waals surface area contributed by atoms with Gasteiger partial charge in [0.2, 0.25) is 10.0 Å². The summed E-state index contributed by atoms with van der Waals surface area (Å²) in [6, 6.07) is 22.2. The third-order valence-corrected chi connectivity index (χ3v) is 7.93. The second-order valence-corrected chi connectivity index (χ2v) is 10.0. The molecule has 0 saturated carbocycles. The monoisotopic (exact) mass is 436 g/mol. The minimum absolute atomic E-state index is 0.253. The predicted octanol–water partition coefficient (Wildman–Crippen LogP) is 5.47. The van der Waals surface area contributed by atoms with Crippen LogP contribution >= 0.6 is 11.6 Å². The zero-order valence-electron chi connectivity index (χ0n) is 16.5. The van der Waals surface area contributed by atoms with Crippen LogP contribution in [0.25, 0.3) is 10.9 Å². The molecule has 0 saturated heterocycles. The van der Waals surface area contributed by atoms with Gasteiger partial charge in [0.15, 0.2) is 0 Å². The molecule has 0 bridgehead atoms. The molecule has 2 heterocycles. The summed E-state index contributed by atoms with van der Waals surface area (Å²) in [5.41, 5.74) is 5.26. The fourth-order valence-electron chi connectivity index (χ4n) is 4.30. The van der Waals surface area contributed by atoms with Crippen LogP contribution in [0.3, 0.4) is 0 Å². The number of sulfonamides is 1. The number of halogens is 1. The number of nitrogens with zero attached hydrogens (tertiary/aromatic N) is 1. The van der Waals surface area contributed by atoms with Crippen LogP contribution < -0.4 is 0 Å². The molecule has 0 fully saturated rings. The minimum Gasteiger partial charge on any atom is -0.357 e. The first-order valence-corrected chi connectivity index (χ1v) is 11.7. The summed E-state index contributed by atoms with van der Waals surface area (Å²) in [4.78, 5) is 3.77. The maximum atomic E-state index is 13.6. The Balaban J connectivity index is 1.70. The molecule has 6 heteroatoms. The zero-order valence-corrected chi connectivity index (χ0v) is 18.0. The summed E-state index contributed by atoms with van der Waals surface area (Å²) in [5, 5.41) is 1.67. The molecule has 0 unspecified atom stereocenters. The summed E-state index contributed by atoms with van der Waals surface area (Å²) in [6.07, 6.45) is 0.661. The quantitative estimate of drug-likeness (QED) is 0.463. The Morgan fingerprint density at radius 2 is 1.67 bits per heavy atom. The number of H-pyrrole nitrogens is 1. The lowest BCUT2D eigenvalue weighted by Gasteiger charge is -2.35. The number of hydrogen-bond donors (Lipinski definition) is 1. The van der Waals surface area contributed by atoms with Crippen LogP contribution in [0.2, 0.25) is 5.02 Å². The van der Waals surface area contributed by atoms with Crippen LogP contribution in [0.4, 0.5) is 0 Å². The highest BCUT2D eigenvalue weighted by molar-refractivity contribution is 7.89. The van der Waals surface area contributed by atoms with Gasteiger partial charge in [-0.2, -0.15) is 4.31 Å². The van der Waals surface area contributed by atoms with Crippen molar-refractivity contribution in [2.45, 2.75) is 24.3 Å². The van der Waals surface area contributed by atoms with E-state index in [1.165, 1.54) is 5.56 Å². The molecular weight excluding hydrogens is 416 g/mol. The number of aromatic nitrogens is 1. The Labute approximate surface area is 181 Å². The molecule has 1 aliphatic rings. The van der Waals surface area contributed by atoms with E-state index < -0.39 is 16.1 Å². The lowest BCUT2D eigenvalue weighted by molar-refractivity contribution is 0.340. The van der Waals surface area contributed by atoms with Crippen LogP contribution in [0.15, 0.2) is 77.7 Å². The summed E-state index contributed by atoms with van der Waals surface area (Å²) in [7, 11) is -3.71. The summed E-state index contributed by atoms with van der Waals surface area (Å²) in [6.45, 7) is 2.44. The molecule has 1 aromatic heterocycles. The van der Waals surface area contributed by atoms with Crippen LogP contribution in [0.1, 0.15) is 28.4 Å². The molecule has 4 nitrogen and oxygen atoms in total. The highest BCUT2D eigenvalue weighted by Crippen LogP contribution is 2.41. The largest absolute Gasteiger partial charge is 0.357 e. The lowest BCUT2D eigenvalue weighted by atomic mass is 9.94. The molecule has 1 atom stereocenters. The predicted molar refractivity (Wildman–Crippen MR) is 120 cm³/mol. The molecule has 0 amide bonds. The van der Waals surface area contributed by atoms with E-state index in [9.17, 15) is 8.42 Å². The van der Waals surface area contributed by atoms with Gasteiger partial charge in [-0.05, 0) is 54.8 Å². The minimum atomic E-state index is -3.71. The van der Waals surface area contributed by atoms with E-state index in [0.717, 1.165) is 27.7 Å². The van der Waals surface area contributed by atoms with E-state index in [2.05, 4.69) is 11.1 Å². The molecule has 30 heavy (non-hydrogen) atoms. The van der Waals surface area contributed by atoms with Crippen molar-refractivity contribution in [3.8, 4) is 0 Å². The highest BCUT2D eigenvalue weighted by atomic mass is 35.5. The highest BCUT2D eigenvalue weighted by Gasteiger charge is 2.39. The van der Waals surface area contributed by atoms with Gasteiger partial charge in [-0.25, -0.2) is 8.42 Å². The average molecular weight is 437 g/mol. The molecule has 0 aliphatic carbocycles. The number of aromatic amines is 1. The van der Waals surface area contributed by atoms with Crippen molar-refractivity contribution >= 4 is 32.5 Å². The first kappa shape index (κ1) is 19.4. The van der Waals surface area contributed by atoms with Crippen LogP contribution in [0, 0.1) is 6.92 Å². The smallest absolute Gasteiger partial charge is 0.244 e. The first-order chi connectivity index (χ1) is 14.4. The number of fused-ring (bicyclic) bond motifs is 3. The Morgan fingerprint density at radius 3 is 2.40 bits per heavy atom. The molecule has 3 aromatic carbocycles. The molecule has 1 aliphatic heterocycles. The number of para-hydroxylation sites is 1. The SMILES string of the molecule is Cc1ccc([C@@H]2c3[nH]c4ccccc4c3CCN2S(=O)(=O)c2ccc(Cl)cc2)cc1. The molecule has 5 rings (SSSR count). The van der Waals surface area contributed by atoms with Crippen molar-refractivity contribution < 1.29 is 8.42 Å². The van der Waals surface area contributed by atoms with Gasteiger partial charge in [-0.3, -0.25) is 0 Å². The summed E-state index contributed by atoms with van der Waals surface area (Å²) >= 11 is 5.99. The van der Waals surface area contributed by atoms with Gasteiger partial charge in [0.1, 0.15) is 0 Å². The zero-order chi connectivity index (χ0) is 20.9. The van der Waals surface area contributed by atoms with Gasteiger partial charge in [-0.1, -0.05) is 59.6 Å². The van der Waals surface area contributed by atoms with E-state index in [0.29, 0.717) is 18.0 Å². The number of aryl methyl sites for hydroxylation is 1. The maximum absolute atomic E-state index is 13.6. The van der Waals surface area contributed by atoms with Crippen molar-refractivity contribution in [3.05, 3.63) is 100 Å². The average Bonchev–Trinajstić information content (AvgIpc) is 3.13. The standard InChI is InChI=1S/C24H21ClN2O2S/c1-16-6-8-17(9-7-16)24-23-21(20-4-2-3-5-22(20)26-23)14-15-27(24)30(28,29)19-12-10-18(25)11-13-19/h2-13,24,26H,14-15H2,1H3/t24-/m1/s1. The molecule has 0 spiro atoms.